The number of carbonyl (C=O) groups is 4. The Labute approximate surface area is 158 Å². The monoisotopic (exact) mass is 366 g/mol. The molecule has 0 rings (SSSR count). The number of carboxylic acid groups (broad SMARTS) is 2. The molecule has 0 aromatic rings. The molecule has 23 heavy (non-hydrogen) atoms. The normalized spacial score (nSPS) is 14.9. The van der Waals surface area contributed by atoms with Crippen LogP contribution in [0.5, 0.6) is 0 Å². The minimum absolute atomic E-state index is 0. The summed E-state index contributed by atoms with van der Waals surface area (Å²) in [6.45, 7) is -1.78. The van der Waals surface area contributed by atoms with E-state index in [1.54, 1.807) is 0 Å². The van der Waals surface area contributed by atoms with Gasteiger partial charge in [0, 0.05) is 0 Å². The summed E-state index contributed by atoms with van der Waals surface area (Å²) in [5.74, 6) is -7.48. The smallest absolute Gasteiger partial charge is 0.542 e. The van der Waals surface area contributed by atoms with E-state index in [-0.39, 0.29) is 37.7 Å². The molecule has 0 saturated heterocycles. The molecule has 0 aromatic heterocycles. The zero-order chi connectivity index (χ0) is 18.0. The Morgan fingerprint density at radius 1 is 0.696 bits per heavy atom. The Balaban J connectivity index is -0.000000333. The molecule has 0 aliphatic rings. The predicted molar refractivity (Wildman–Crippen MR) is 64.0 cm³/mol. The Hall–Kier alpha value is -0.700. The number of rotatable bonds is 8. The van der Waals surface area contributed by atoms with Crippen LogP contribution >= 0.6 is 0 Å². The molecule has 4 atom stereocenters. The molecular weight excluding hydrogens is 352 g/mol. The topological polar surface area (TPSA) is 236 Å². The molecule has 13 heteroatoms. The first-order valence-electron chi connectivity index (χ1n) is 5.45. The number of hydrogen-bond donors (Lipinski definition) is 6. The van der Waals surface area contributed by atoms with Gasteiger partial charge in [-0.1, -0.05) is 0 Å². The maximum atomic E-state index is 10.3. The fourth-order valence-corrected chi connectivity index (χ4v) is 0.791. The van der Waals surface area contributed by atoms with Gasteiger partial charge in [0.25, 0.3) is 0 Å². The van der Waals surface area contributed by atoms with E-state index in [1.807, 2.05) is 0 Å². The van der Waals surface area contributed by atoms with Crippen molar-refractivity contribution in [1.82, 2.24) is 0 Å². The van der Waals surface area contributed by atoms with E-state index in [1.165, 1.54) is 0 Å². The molecule has 0 aliphatic heterocycles. The molecule has 12 nitrogen and oxygen atoms in total. The van der Waals surface area contributed by atoms with Crippen molar-refractivity contribution < 1.29 is 60.0 Å². The van der Waals surface area contributed by atoms with E-state index in [2.05, 4.69) is 0 Å². The van der Waals surface area contributed by atoms with Gasteiger partial charge in [-0.2, -0.15) is 0 Å². The Morgan fingerprint density at radius 2 is 0.913 bits per heavy atom. The van der Waals surface area contributed by atoms with E-state index in [9.17, 15) is 29.4 Å². The summed E-state index contributed by atoms with van der Waals surface area (Å²) in [6.07, 6.45) is -7.80. The third-order valence-electron chi connectivity index (χ3n) is 2.04. The zero-order valence-corrected chi connectivity index (χ0v) is 13.8. The summed E-state index contributed by atoms with van der Waals surface area (Å²) >= 11 is 0. The Bertz CT molecular complexity index is 373. The summed E-state index contributed by atoms with van der Waals surface area (Å²) in [7, 11) is 0. The molecule has 0 bridgehead atoms. The van der Waals surface area contributed by atoms with E-state index >= 15 is 0 Å². The summed E-state index contributed by atoms with van der Waals surface area (Å²) in [5, 5.41) is 70.0. The molecule has 0 unspecified atom stereocenters. The number of aliphatic hydroxyl groups excluding tert-OH is 6. The Morgan fingerprint density at radius 3 is 1.04 bits per heavy atom. The third-order valence-corrected chi connectivity index (χ3v) is 2.04. The van der Waals surface area contributed by atoms with Crippen LogP contribution < -0.4 is 10.2 Å². The van der Waals surface area contributed by atoms with Crippen LogP contribution in [-0.2, 0) is 19.2 Å². The van der Waals surface area contributed by atoms with Crippen LogP contribution in [0.2, 0.25) is 0 Å². The van der Waals surface area contributed by atoms with Gasteiger partial charge >= 0.3 is 37.7 Å². The largest absolute Gasteiger partial charge is 2.00 e. The van der Waals surface area contributed by atoms with Crippen molar-refractivity contribution in [1.29, 1.82) is 0 Å². The number of Topliss-reactive ketones (excluding diaryl/α,β-unsaturated/α-hetero) is 2. The summed E-state index contributed by atoms with van der Waals surface area (Å²) in [5.41, 5.74) is 0. The van der Waals surface area contributed by atoms with Gasteiger partial charge in [0.05, 0.1) is 13.2 Å². The zero-order valence-electron chi connectivity index (χ0n) is 11.6. The maximum absolute atomic E-state index is 10.3. The summed E-state index contributed by atoms with van der Waals surface area (Å²) in [4.78, 5) is 40.0. The minimum atomic E-state index is -2.12. The standard InChI is InChI=1S/2C5H8O6.Ca/c2*6-1-2(7)3(8)4(9)5(10)11;/h2*2-3,6-8H,1H2,(H,10,11);/q;;+2/p-2/t2*2-,3-;/m11./s1. The number of carboxylic acids is 2. The van der Waals surface area contributed by atoms with Crippen LogP contribution in [0.4, 0.5) is 0 Å². The van der Waals surface area contributed by atoms with E-state index in [0.717, 1.165) is 0 Å². The number of aliphatic hydroxyl groups is 6. The number of aliphatic carboxylic acids is 2. The van der Waals surface area contributed by atoms with Crippen molar-refractivity contribution in [2.24, 2.45) is 0 Å². The molecule has 0 radical (unpaired) electrons. The fraction of sp³-hybridized carbons (Fsp3) is 0.600. The molecule has 0 amide bonds. The van der Waals surface area contributed by atoms with Gasteiger partial charge in [0.15, 0.2) is 0 Å². The predicted octanol–water partition coefficient (Wildman–Crippen LogP) is -8.34. The third kappa shape index (κ3) is 10.6. The first-order valence-corrected chi connectivity index (χ1v) is 5.45. The molecule has 0 saturated carbocycles. The van der Waals surface area contributed by atoms with Gasteiger partial charge in [-0.25, -0.2) is 0 Å². The van der Waals surface area contributed by atoms with Crippen LogP contribution in [-0.4, -0.2) is 130 Å². The SMILES string of the molecule is O=C([O-])C(=O)[C@H](O)[C@H](O)CO.O=C([O-])C(=O)[C@H](O)[C@H](O)CO.[Ca+2]. The van der Waals surface area contributed by atoms with E-state index in [4.69, 9.17) is 30.6 Å². The van der Waals surface area contributed by atoms with Gasteiger partial charge in [-0.05, 0) is 0 Å². The summed E-state index contributed by atoms with van der Waals surface area (Å²) in [6, 6.07) is 0. The van der Waals surface area contributed by atoms with Crippen LogP contribution in [0, 0.1) is 0 Å². The average Bonchev–Trinajstić information content (AvgIpc) is 2.50. The van der Waals surface area contributed by atoms with Crippen molar-refractivity contribution in [3.05, 3.63) is 0 Å². The van der Waals surface area contributed by atoms with Crippen LogP contribution in [0.25, 0.3) is 0 Å². The summed E-state index contributed by atoms with van der Waals surface area (Å²) < 4.78 is 0. The molecule has 0 heterocycles. The average molecular weight is 366 g/mol. The van der Waals surface area contributed by atoms with Crippen molar-refractivity contribution in [3.8, 4) is 0 Å². The van der Waals surface area contributed by atoms with E-state index in [0.29, 0.717) is 0 Å². The maximum Gasteiger partial charge on any atom is 2.00 e. The van der Waals surface area contributed by atoms with Crippen molar-refractivity contribution in [2.45, 2.75) is 24.4 Å². The van der Waals surface area contributed by atoms with Gasteiger partial charge in [-0.3, -0.25) is 9.59 Å². The van der Waals surface area contributed by atoms with Gasteiger partial charge in [0.2, 0.25) is 11.6 Å². The van der Waals surface area contributed by atoms with Crippen LogP contribution in [0.15, 0.2) is 0 Å². The van der Waals surface area contributed by atoms with Gasteiger partial charge in [0.1, 0.15) is 36.4 Å². The molecule has 0 aliphatic carbocycles. The van der Waals surface area contributed by atoms with Gasteiger partial charge in [-0.15, -0.1) is 0 Å². The Kier molecular flexibility index (Phi) is 16.2. The van der Waals surface area contributed by atoms with Crippen LogP contribution in [0.3, 0.4) is 0 Å². The molecule has 0 spiro atoms. The minimum Gasteiger partial charge on any atom is -0.542 e. The van der Waals surface area contributed by atoms with Crippen molar-refractivity contribution >= 4 is 61.2 Å². The van der Waals surface area contributed by atoms with Crippen molar-refractivity contribution in [3.63, 3.8) is 0 Å². The van der Waals surface area contributed by atoms with Gasteiger partial charge < -0.3 is 50.4 Å². The van der Waals surface area contributed by atoms with Crippen molar-refractivity contribution in [2.75, 3.05) is 13.2 Å². The molecule has 128 valence electrons. The first-order chi connectivity index (χ1) is 10.0. The fourth-order valence-electron chi connectivity index (χ4n) is 0.791. The molecular formula is C10H14CaO12. The van der Waals surface area contributed by atoms with Crippen LogP contribution in [0.1, 0.15) is 0 Å². The second kappa shape index (κ2) is 13.7. The first kappa shape index (κ1) is 27.2. The number of carbonyl (C=O) groups excluding carboxylic acids is 4. The molecule has 6 N–H and O–H groups in total. The quantitative estimate of drug-likeness (QED) is 0.173. The number of hydrogen-bond acceptors (Lipinski definition) is 12. The second-order valence-electron chi connectivity index (χ2n) is 3.69. The molecule has 0 aromatic carbocycles. The number of ketones is 2. The second-order valence-corrected chi connectivity index (χ2v) is 3.69. The van der Waals surface area contributed by atoms with E-state index < -0.39 is 61.1 Å². The molecule has 0 fully saturated rings.